The van der Waals surface area contributed by atoms with E-state index in [1.165, 1.54) is 0 Å². The average Bonchev–Trinajstić information content (AvgIpc) is 2.58. The van der Waals surface area contributed by atoms with Crippen LogP contribution in [0.1, 0.15) is 44.4 Å². The van der Waals surface area contributed by atoms with Crippen LogP contribution in [0.3, 0.4) is 0 Å². The number of hydrogen-bond acceptors (Lipinski definition) is 3. The fourth-order valence-corrected chi connectivity index (χ4v) is 2.28. The molecule has 0 saturated carbocycles. The van der Waals surface area contributed by atoms with Crippen molar-refractivity contribution in [1.82, 2.24) is 0 Å². The summed E-state index contributed by atoms with van der Waals surface area (Å²) in [6, 6.07) is 3.98. The molecule has 4 heteroatoms. The third-order valence-corrected chi connectivity index (χ3v) is 4.44. The molecule has 0 amide bonds. The largest absolute Gasteiger partial charge is 0.494 e. The number of hydrogen-bond donors (Lipinski definition) is 1. The van der Waals surface area contributed by atoms with Gasteiger partial charge in [-0.3, -0.25) is 0 Å². The lowest BCUT2D eigenvalue weighted by molar-refractivity contribution is 0.00578. The molecule has 0 aromatic heterocycles. The fourth-order valence-electron chi connectivity index (χ4n) is 2.28. The topological polar surface area (TPSA) is 44.5 Å². The van der Waals surface area contributed by atoms with E-state index in [-0.39, 0.29) is 11.2 Å². The summed E-state index contributed by atoms with van der Waals surface area (Å²) in [6.07, 6.45) is 5.58. The summed E-state index contributed by atoms with van der Waals surface area (Å²) in [5.74, 6) is 2.71. The minimum absolute atomic E-state index is 0.359. The van der Waals surface area contributed by atoms with Crippen LogP contribution in [0.5, 0.6) is 0 Å². The van der Waals surface area contributed by atoms with E-state index in [4.69, 9.17) is 21.5 Å². The van der Waals surface area contributed by atoms with Crippen LogP contribution in [0.2, 0.25) is 0 Å². The molecule has 2 N–H and O–H groups in total. The van der Waals surface area contributed by atoms with Crippen LogP contribution in [-0.4, -0.2) is 18.3 Å². The molecule has 0 bridgehead atoms. The Kier molecular flexibility index (Phi) is 3.72. The first-order valence-corrected chi connectivity index (χ1v) is 6.87. The minimum atomic E-state index is -0.405. The molecule has 106 valence electrons. The van der Waals surface area contributed by atoms with E-state index in [2.05, 4.69) is 5.92 Å². The highest BCUT2D eigenvalue weighted by molar-refractivity contribution is 6.62. The Hall–Kier alpha value is -1.28. The van der Waals surface area contributed by atoms with E-state index >= 15 is 0 Å². The lowest BCUT2D eigenvalue weighted by atomic mass is 9.76. The van der Waals surface area contributed by atoms with Gasteiger partial charge in [0.1, 0.15) is 0 Å². The smallest absolute Gasteiger partial charge is 0.399 e. The van der Waals surface area contributed by atoms with Crippen molar-refractivity contribution in [2.45, 2.75) is 52.4 Å². The molecule has 0 atom stereocenters. The summed E-state index contributed by atoms with van der Waals surface area (Å²) in [7, 11) is -0.405. The molecule has 20 heavy (non-hydrogen) atoms. The molecule has 1 aromatic carbocycles. The maximum Gasteiger partial charge on any atom is 0.494 e. The van der Waals surface area contributed by atoms with Crippen molar-refractivity contribution in [2.24, 2.45) is 5.73 Å². The van der Waals surface area contributed by atoms with Crippen molar-refractivity contribution in [3.05, 3.63) is 28.8 Å². The fraction of sp³-hybridized carbons (Fsp3) is 0.500. The van der Waals surface area contributed by atoms with Gasteiger partial charge in [-0.2, -0.15) is 0 Å². The average molecular weight is 271 g/mol. The molecule has 0 radical (unpaired) electrons. The van der Waals surface area contributed by atoms with Gasteiger partial charge in [0, 0.05) is 12.1 Å². The van der Waals surface area contributed by atoms with Crippen molar-refractivity contribution < 1.29 is 9.31 Å². The van der Waals surface area contributed by atoms with Crippen molar-refractivity contribution in [1.29, 1.82) is 0 Å². The van der Waals surface area contributed by atoms with Crippen LogP contribution in [-0.2, 0) is 15.9 Å². The van der Waals surface area contributed by atoms with Gasteiger partial charge >= 0.3 is 7.12 Å². The Morgan fingerprint density at radius 1 is 1.20 bits per heavy atom. The molecule has 1 saturated heterocycles. The molecule has 1 heterocycles. The maximum atomic E-state index is 6.06. The van der Waals surface area contributed by atoms with Crippen molar-refractivity contribution >= 4 is 12.6 Å². The lowest BCUT2D eigenvalue weighted by Gasteiger charge is -2.32. The standard InChI is InChI=1S/C16H22BNO2/c1-7-12-8-14(9-13(10-18)11(12)2)17-19-15(3,4)16(5,6)20-17/h1,8-9H,10,18H2,2-6H3. The van der Waals surface area contributed by atoms with E-state index in [0.29, 0.717) is 6.54 Å². The van der Waals surface area contributed by atoms with E-state index in [9.17, 15) is 0 Å². The molecule has 2 rings (SSSR count). The van der Waals surface area contributed by atoms with Crippen molar-refractivity contribution in [2.75, 3.05) is 0 Å². The molecule has 0 spiro atoms. The molecule has 1 fully saturated rings. The normalized spacial score (nSPS) is 19.9. The summed E-state index contributed by atoms with van der Waals surface area (Å²) >= 11 is 0. The van der Waals surface area contributed by atoms with Crippen LogP contribution in [0.25, 0.3) is 0 Å². The molecule has 1 aliphatic rings. The first kappa shape index (κ1) is 15.1. The molecule has 3 nitrogen and oxygen atoms in total. The molecular formula is C16H22BNO2. The third-order valence-electron chi connectivity index (χ3n) is 4.44. The first-order chi connectivity index (χ1) is 9.21. The van der Waals surface area contributed by atoms with Crippen molar-refractivity contribution in [3.8, 4) is 12.3 Å². The van der Waals surface area contributed by atoms with Crippen LogP contribution < -0.4 is 11.2 Å². The quantitative estimate of drug-likeness (QED) is 0.658. The minimum Gasteiger partial charge on any atom is -0.399 e. The van der Waals surface area contributed by atoms with Gasteiger partial charge in [0.2, 0.25) is 0 Å². The van der Waals surface area contributed by atoms with Gasteiger partial charge in [-0.05, 0) is 57.3 Å². The van der Waals surface area contributed by atoms with E-state index in [1.54, 1.807) is 0 Å². The maximum absolute atomic E-state index is 6.06. The molecular weight excluding hydrogens is 249 g/mol. The lowest BCUT2D eigenvalue weighted by Crippen LogP contribution is -2.41. The van der Waals surface area contributed by atoms with Gasteiger partial charge in [-0.1, -0.05) is 12.0 Å². The van der Waals surface area contributed by atoms with Crippen LogP contribution in [0.4, 0.5) is 0 Å². The SMILES string of the molecule is C#Cc1cc(B2OC(C)(C)C(C)(C)O2)cc(CN)c1C. The highest BCUT2D eigenvalue weighted by Gasteiger charge is 2.51. The molecule has 0 aliphatic carbocycles. The number of terminal acetylenes is 1. The summed E-state index contributed by atoms with van der Waals surface area (Å²) in [4.78, 5) is 0. The van der Waals surface area contributed by atoms with Gasteiger partial charge in [0.25, 0.3) is 0 Å². The predicted molar refractivity (Wildman–Crippen MR) is 82.7 cm³/mol. The van der Waals surface area contributed by atoms with Gasteiger partial charge in [0.05, 0.1) is 11.2 Å². The number of nitrogens with two attached hydrogens (primary N) is 1. The van der Waals surface area contributed by atoms with E-state index in [0.717, 1.165) is 22.2 Å². The Morgan fingerprint density at radius 2 is 1.75 bits per heavy atom. The van der Waals surface area contributed by atoms with Crippen LogP contribution in [0, 0.1) is 19.3 Å². The summed E-state index contributed by atoms with van der Waals surface area (Å²) in [5, 5.41) is 0. The molecule has 1 aliphatic heterocycles. The summed E-state index contributed by atoms with van der Waals surface area (Å²) < 4.78 is 12.1. The van der Waals surface area contributed by atoms with Gasteiger partial charge < -0.3 is 15.0 Å². The highest BCUT2D eigenvalue weighted by atomic mass is 16.7. The van der Waals surface area contributed by atoms with Gasteiger partial charge in [0.15, 0.2) is 0 Å². The summed E-state index contributed by atoms with van der Waals surface area (Å²) in [6.45, 7) is 10.6. The van der Waals surface area contributed by atoms with E-state index < -0.39 is 7.12 Å². The summed E-state index contributed by atoms with van der Waals surface area (Å²) in [5.41, 5.74) is 8.94. The Morgan fingerprint density at radius 3 is 2.20 bits per heavy atom. The first-order valence-electron chi connectivity index (χ1n) is 6.87. The molecule has 0 unspecified atom stereocenters. The highest BCUT2D eigenvalue weighted by Crippen LogP contribution is 2.36. The van der Waals surface area contributed by atoms with Gasteiger partial charge in [-0.15, -0.1) is 6.42 Å². The third kappa shape index (κ3) is 2.38. The monoisotopic (exact) mass is 271 g/mol. The Labute approximate surface area is 122 Å². The Bertz CT molecular complexity index is 557. The zero-order chi connectivity index (χ0) is 15.1. The number of benzene rings is 1. The number of rotatable bonds is 2. The van der Waals surface area contributed by atoms with Crippen LogP contribution in [0.15, 0.2) is 12.1 Å². The molecule has 1 aromatic rings. The van der Waals surface area contributed by atoms with Crippen molar-refractivity contribution in [3.63, 3.8) is 0 Å². The van der Waals surface area contributed by atoms with Crippen LogP contribution >= 0.6 is 0 Å². The zero-order valence-corrected chi connectivity index (χ0v) is 12.9. The predicted octanol–water partition coefficient (Wildman–Crippen LogP) is 1.73. The van der Waals surface area contributed by atoms with E-state index in [1.807, 2.05) is 46.8 Å². The Balaban J connectivity index is 2.43. The zero-order valence-electron chi connectivity index (χ0n) is 12.9. The second-order valence-electron chi connectivity index (χ2n) is 6.29. The second-order valence-corrected chi connectivity index (χ2v) is 6.29. The second kappa shape index (κ2) is 4.93. The van der Waals surface area contributed by atoms with Gasteiger partial charge in [-0.25, -0.2) is 0 Å².